The molecule has 26 heavy (non-hydrogen) atoms. The van der Waals surface area contributed by atoms with E-state index in [0.717, 1.165) is 11.1 Å². The van der Waals surface area contributed by atoms with Crippen molar-refractivity contribution in [1.29, 1.82) is 0 Å². The van der Waals surface area contributed by atoms with Crippen molar-refractivity contribution in [2.45, 2.75) is 13.0 Å². The number of hydrogen-bond donors (Lipinski definition) is 2. The Kier molecular flexibility index (Phi) is 3.93. The largest absolute Gasteiger partial charge is 0.366 e. The number of aromatic nitrogens is 4. The molecule has 0 aliphatic carbocycles. The predicted molar refractivity (Wildman–Crippen MR) is 98.4 cm³/mol. The maximum absolute atomic E-state index is 12.1. The standard InChI is InChI=1S/C18H15ClN6O/c1-10-14(16(20)26)15(12-3-2-8-21-9-12)25-18(22-10)23-17(24-25)11-4-6-13(19)7-5-11/h2-9,15H,1H3,(H2,20,26)(H,22,23,24)/t15-/m0/s1. The third kappa shape index (κ3) is 2.72. The maximum Gasteiger partial charge on any atom is 0.248 e. The summed E-state index contributed by atoms with van der Waals surface area (Å²) in [4.78, 5) is 20.8. The summed E-state index contributed by atoms with van der Waals surface area (Å²) in [5.74, 6) is 0.543. The van der Waals surface area contributed by atoms with Gasteiger partial charge in [0.15, 0.2) is 5.82 Å². The van der Waals surface area contributed by atoms with Gasteiger partial charge in [0.2, 0.25) is 11.9 Å². The molecule has 0 saturated carbocycles. The van der Waals surface area contributed by atoms with Crippen LogP contribution in [-0.4, -0.2) is 25.7 Å². The molecular weight excluding hydrogens is 352 g/mol. The van der Waals surface area contributed by atoms with E-state index in [0.29, 0.717) is 28.1 Å². The number of halogens is 1. The smallest absolute Gasteiger partial charge is 0.248 e. The number of pyridine rings is 1. The highest BCUT2D eigenvalue weighted by atomic mass is 35.5. The average Bonchev–Trinajstić information content (AvgIpc) is 3.05. The molecule has 0 fully saturated rings. The molecule has 3 heterocycles. The van der Waals surface area contributed by atoms with Crippen LogP contribution >= 0.6 is 11.6 Å². The number of hydrogen-bond acceptors (Lipinski definition) is 5. The Morgan fingerprint density at radius 3 is 2.69 bits per heavy atom. The van der Waals surface area contributed by atoms with E-state index in [9.17, 15) is 4.79 Å². The number of nitrogens with zero attached hydrogens (tertiary/aromatic N) is 4. The molecule has 0 spiro atoms. The second-order valence-electron chi connectivity index (χ2n) is 5.93. The van der Waals surface area contributed by atoms with Gasteiger partial charge in [0.25, 0.3) is 0 Å². The molecule has 0 unspecified atom stereocenters. The van der Waals surface area contributed by atoms with E-state index < -0.39 is 11.9 Å². The molecule has 1 aliphatic rings. The van der Waals surface area contributed by atoms with Gasteiger partial charge in [-0.05, 0) is 42.8 Å². The van der Waals surface area contributed by atoms with Crippen LogP contribution in [0.4, 0.5) is 5.95 Å². The topological polar surface area (TPSA) is 98.7 Å². The lowest BCUT2D eigenvalue weighted by atomic mass is 9.97. The number of fused-ring (bicyclic) bond motifs is 1. The van der Waals surface area contributed by atoms with Gasteiger partial charge in [0, 0.05) is 28.7 Å². The van der Waals surface area contributed by atoms with Gasteiger partial charge in [0.05, 0.1) is 5.57 Å². The summed E-state index contributed by atoms with van der Waals surface area (Å²) >= 11 is 5.95. The van der Waals surface area contributed by atoms with E-state index in [4.69, 9.17) is 17.3 Å². The quantitative estimate of drug-likeness (QED) is 0.742. The van der Waals surface area contributed by atoms with Crippen LogP contribution in [0.25, 0.3) is 11.4 Å². The predicted octanol–water partition coefficient (Wildman–Crippen LogP) is 2.77. The van der Waals surface area contributed by atoms with E-state index >= 15 is 0 Å². The fourth-order valence-electron chi connectivity index (χ4n) is 3.04. The molecule has 1 aromatic carbocycles. The Balaban J connectivity index is 1.87. The Morgan fingerprint density at radius 1 is 1.27 bits per heavy atom. The molecule has 4 rings (SSSR count). The van der Waals surface area contributed by atoms with Gasteiger partial charge < -0.3 is 11.1 Å². The normalized spacial score (nSPS) is 16.2. The number of nitrogens with one attached hydrogen (secondary N) is 1. The lowest BCUT2D eigenvalue weighted by Crippen LogP contribution is -2.31. The zero-order chi connectivity index (χ0) is 18.3. The second kappa shape index (κ2) is 6.27. The summed E-state index contributed by atoms with van der Waals surface area (Å²) < 4.78 is 1.66. The molecule has 7 nitrogen and oxygen atoms in total. The van der Waals surface area contributed by atoms with Crippen molar-refractivity contribution in [2.24, 2.45) is 5.73 Å². The molecule has 1 amide bonds. The molecule has 0 radical (unpaired) electrons. The molecule has 8 heteroatoms. The van der Waals surface area contributed by atoms with Gasteiger partial charge in [-0.15, -0.1) is 5.10 Å². The van der Waals surface area contributed by atoms with Crippen molar-refractivity contribution < 1.29 is 4.79 Å². The second-order valence-corrected chi connectivity index (χ2v) is 6.36. The summed E-state index contributed by atoms with van der Waals surface area (Å²) in [6.07, 6.45) is 3.37. The van der Waals surface area contributed by atoms with Gasteiger partial charge in [0.1, 0.15) is 6.04 Å². The Bertz CT molecular complexity index is 1010. The highest BCUT2D eigenvalue weighted by molar-refractivity contribution is 6.30. The Morgan fingerprint density at radius 2 is 2.04 bits per heavy atom. The van der Waals surface area contributed by atoms with Crippen LogP contribution in [0.2, 0.25) is 5.02 Å². The zero-order valence-electron chi connectivity index (χ0n) is 13.8. The molecule has 1 atom stereocenters. The third-order valence-corrected chi connectivity index (χ3v) is 4.47. The first-order valence-electron chi connectivity index (χ1n) is 7.94. The first kappa shape index (κ1) is 16.3. The van der Waals surface area contributed by atoms with Gasteiger partial charge in [-0.25, -0.2) is 4.68 Å². The lowest BCUT2D eigenvalue weighted by molar-refractivity contribution is -0.115. The monoisotopic (exact) mass is 366 g/mol. The molecule has 0 saturated heterocycles. The number of allylic oxidation sites excluding steroid dienone is 1. The van der Waals surface area contributed by atoms with Crippen LogP contribution in [0.15, 0.2) is 60.1 Å². The van der Waals surface area contributed by atoms with Crippen molar-refractivity contribution in [3.8, 4) is 11.4 Å². The molecule has 0 bridgehead atoms. The highest BCUT2D eigenvalue weighted by Crippen LogP contribution is 2.35. The van der Waals surface area contributed by atoms with Crippen LogP contribution < -0.4 is 11.1 Å². The van der Waals surface area contributed by atoms with Gasteiger partial charge >= 0.3 is 0 Å². The maximum atomic E-state index is 12.1. The van der Waals surface area contributed by atoms with Gasteiger partial charge in [-0.1, -0.05) is 17.7 Å². The van der Waals surface area contributed by atoms with Crippen LogP contribution in [0.3, 0.4) is 0 Å². The van der Waals surface area contributed by atoms with Crippen LogP contribution in [0.5, 0.6) is 0 Å². The van der Waals surface area contributed by atoms with Gasteiger partial charge in [-0.3, -0.25) is 9.78 Å². The highest BCUT2D eigenvalue weighted by Gasteiger charge is 2.33. The van der Waals surface area contributed by atoms with Crippen LogP contribution in [-0.2, 0) is 4.79 Å². The van der Waals surface area contributed by atoms with Gasteiger partial charge in [-0.2, -0.15) is 4.98 Å². The van der Waals surface area contributed by atoms with E-state index in [1.807, 2.05) is 24.3 Å². The Hall–Kier alpha value is -3.19. The summed E-state index contributed by atoms with van der Waals surface area (Å²) in [5, 5.41) is 8.36. The number of benzene rings is 1. The molecular formula is C18H15ClN6O. The molecule has 3 N–H and O–H groups in total. The minimum atomic E-state index is -0.516. The first-order valence-corrected chi connectivity index (χ1v) is 8.32. The van der Waals surface area contributed by atoms with Crippen molar-refractivity contribution in [3.63, 3.8) is 0 Å². The molecule has 3 aromatic rings. The number of nitrogens with two attached hydrogens (primary N) is 1. The summed E-state index contributed by atoms with van der Waals surface area (Å²) in [6.45, 7) is 1.80. The van der Waals surface area contributed by atoms with E-state index in [-0.39, 0.29) is 0 Å². The minimum absolute atomic E-state index is 0.429. The van der Waals surface area contributed by atoms with Crippen LogP contribution in [0.1, 0.15) is 18.5 Å². The first-order chi connectivity index (χ1) is 12.5. The average molecular weight is 367 g/mol. The van der Waals surface area contributed by atoms with Crippen LogP contribution in [0, 0.1) is 0 Å². The summed E-state index contributed by atoms with van der Waals surface area (Å²) in [7, 11) is 0. The fourth-order valence-corrected chi connectivity index (χ4v) is 3.16. The summed E-state index contributed by atoms with van der Waals surface area (Å²) in [5.41, 5.74) is 8.34. The number of carbonyl (C=O) groups is 1. The van der Waals surface area contributed by atoms with E-state index in [2.05, 4.69) is 20.4 Å². The molecule has 130 valence electrons. The van der Waals surface area contributed by atoms with Crippen molar-refractivity contribution in [1.82, 2.24) is 19.7 Å². The fraction of sp³-hybridized carbons (Fsp3) is 0.111. The summed E-state index contributed by atoms with van der Waals surface area (Å²) in [6, 6.07) is 10.4. The van der Waals surface area contributed by atoms with Crippen molar-refractivity contribution >= 4 is 23.5 Å². The number of rotatable bonds is 3. The number of primary amides is 1. The third-order valence-electron chi connectivity index (χ3n) is 4.22. The molecule has 2 aromatic heterocycles. The SMILES string of the molecule is CC1=C(C(N)=O)[C@H](c2cccnc2)n2nc(-c3ccc(Cl)cc3)nc2N1. The van der Waals surface area contributed by atoms with Crippen molar-refractivity contribution in [3.05, 3.63) is 70.6 Å². The number of amides is 1. The number of anilines is 1. The van der Waals surface area contributed by atoms with E-state index in [1.165, 1.54) is 0 Å². The zero-order valence-corrected chi connectivity index (χ0v) is 14.6. The lowest BCUT2D eigenvalue weighted by Gasteiger charge is -2.27. The molecule has 1 aliphatic heterocycles. The van der Waals surface area contributed by atoms with Crippen molar-refractivity contribution in [2.75, 3.05) is 5.32 Å². The Labute approximate surface area is 154 Å². The van der Waals surface area contributed by atoms with E-state index in [1.54, 1.807) is 36.1 Å². The number of carbonyl (C=O) groups excluding carboxylic acids is 1. The minimum Gasteiger partial charge on any atom is -0.366 e.